The van der Waals surface area contributed by atoms with E-state index in [1.807, 2.05) is 0 Å². The number of nitrogens with zero attached hydrogens (tertiary/aromatic N) is 1. The van der Waals surface area contributed by atoms with Gasteiger partial charge in [-0.2, -0.15) is 0 Å². The highest BCUT2D eigenvalue weighted by Crippen LogP contribution is 1.83. The lowest BCUT2D eigenvalue weighted by atomic mass is 9.94. The van der Waals surface area contributed by atoms with Gasteiger partial charge in [0.25, 0.3) is 0 Å². The van der Waals surface area contributed by atoms with Crippen LogP contribution in [-0.2, 0) is 14.3 Å². The van der Waals surface area contributed by atoms with E-state index in [4.69, 9.17) is 15.2 Å². The van der Waals surface area contributed by atoms with Crippen LogP contribution >= 0.6 is 0 Å². The van der Waals surface area contributed by atoms with Gasteiger partial charge < -0.3 is 19.9 Å². The third-order valence-electron chi connectivity index (χ3n) is 1.24. The fourth-order valence-electron chi connectivity index (χ4n) is 0.572. The molecule has 0 saturated heterocycles. The van der Waals surface area contributed by atoms with Crippen molar-refractivity contribution in [3.05, 3.63) is 12.6 Å². The number of carboxylic acid groups (broad SMARTS) is 1. The molecule has 0 fully saturated rings. The number of carboxylic acids is 1. The predicted molar refractivity (Wildman–Crippen MR) is 57.5 cm³/mol. The first-order chi connectivity index (χ1) is 7.33. The van der Waals surface area contributed by atoms with Gasteiger partial charge in [-0.15, -0.1) is 6.58 Å². The molecular formula is C8H16BNO6. The molecule has 0 atom stereocenters. The molecule has 0 aromatic rings. The van der Waals surface area contributed by atoms with Crippen molar-refractivity contribution in [2.75, 3.05) is 27.2 Å². The van der Waals surface area contributed by atoms with Crippen molar-refractivity contribution in [3.63, 3.8) is 0 Å². The monoisotopic (exact) mass is 233 g/mol. The molecular weight excluding hydrogens is 217 g/mol. The normalized spacial score (nSPS) is 8.81. The topological polar surface area (TPSA) is 107 Å². The molecule has 0 spiro atoms. The zero-order chi connectivity index (χ0) is 13.1. The molecule has 0 radical (unpaired) electrons. The Morgan fingerprint density at radius 2 is 1.88 bits per heavy atom. The maximum absolute atomic E-state index is 10.5. The molecule has 92 valence electrons. The van der Waals surface area contributed by atoms with Gasteiger partial charge in [0.1, 0.15) is 0 Å². The first-order valence-corrected chi connectivity index (χ1v) is 4.29. The zero-order valence-corrected chi connectivity index (χ0v) is 9.29. The molecule has 0 aliphatic rings. The number of likely N-dealkylation sites (N-methyl/N-ethyl adjacent to an activating group) is 1. The van der Waals surface area contributed by atoms with Gasteiger partial charge in [0.2, 0.25) is 0 Å². The molecule has 0 amide bonds. The number of aliphatic carboxylic acids is 1. The van der Waals surface area contributed by atoms with E-state index in [1.54, 1.807) is 0 Å². The van der Waals surface area contributed by atoms with Crippen molar-refractivity contribution in [1.29, 1.82) is 0 Å². The molecule has 16 heavy (non-hydrogen) atoms. The smallest absolute Gasteiger partial charge is 0.480 e. The van der Waals surface area contributed by atoms with Gasteiger partial charge in [0.05, 0.1) is 20.2 Å². The summed E-state index contributed by atoms with van der Waals surface area (Å²) >= 11 is 0. The highest BCUT2D eigenvalue weighted by Gasteiger charge is 2.08. The number of esters is 1. The van der Waals surface area contributed by atoms with E-state index in [0.717, 1.165) is 5.98 Å². The average Bonchev–Trinajstić information content (AvgIpc) is 2.17. The average molecular weight is 233 g/mol. The van der Waals surface area contributed by atoms with Gasteiger partial charge in [-0.1, -0.05) is 5.98 Å². The summed E-state index contributed by atoms with van der Waals surface area (Å²) in [7, 11) is 1.44. The first-order valence-electron chi connectivity index (χ1n) is 4.29. The Labute approximate surface area is 94.1 Å². The summed E-state index contributed by atoms with van der Waals surface area (Å²) in [6, 6.07) is 0. The van der Waals surface area contributed by atoms with Crippen molar-refractivity contribution in [2.45, 2.75) is 0 Å². The van der Waals surface area contributed by atoms with E-state index in [1.165, 1.54) is 19.1 Å². The summed E-state index contributed by atoms with van der Waals surface area (Å²) in [5, 5.41) is 23.9. The maximum atomic E-state index is 10.5. The second-order valence-corrected chi connectivity index (χ2v) is 2.79. The van der Waals surface area contributed by atoms with Crippen LogP contribution < -0.4 is 0 Å². The molecule has 0 saturated carbocycles. The van der Waals surface area contributed by atoms with Crippen LogP contribution in [0.15, 0.2) is 12.6 Å². The molecule has 0 unspecified atom stereocenters. The van der Waals surface area contributed by atoms with Crippen LogP contribution in [0.2, 0.25) is 0 Å². The minimum Gasteiger partial charge on any atom is -0.480 e. The second kappa shape index (κ2) is 10.2. The van der Waals surface area contributed by atoms with E-state index >= 15 is 0 Å². The molecule has 0 rings (SSSR count). The number of carbonyl (C=O) groups is 2. The Bertz CT molecular complexity index is 233. The molecule has 0 aromatic heterocycles. The summed E-state index contributed by atoms with van der Waals surface area (Å²) in [4.78, 5) is 22.0. The molecule has 0 aliphatic heterocycles. The Morgan fingerprint density at radius 3 is 2.12 bits per heavy atom. The van der Waals surface area contributed by atoms with Crippen molar-refractivity contribution in [2.24, 2.45) is 0 Å². The van der Waals surface area contributed by atoms with Gasteiger partial charge >= 0.3 is 19.1 Å². The fourth-order valence-corrected chi connectivity index (χ4v) is 0.572. The number of methoxy groups -OCH3 is 1. The predicted octanol–water partition coefficient (Wildman–Crippen LogP) is -1.64. The third-order valence-corrected chi connectivity index (χ3v) is 1.24. The van der Waals surface area contributed by atoms with Crippen LogP contribution in [-0.4, -0.2) is 66.4 Å². The summed E-state index contributed by atoms with van der Waals surface area (Å²) in [6.45, 7) is 2.91. The van der Waals surface area contributed by atoms with E-state index < -0.39 is 19.1 Å². The van der Waals surface area contributed by atoms with Crippen LogP contribution in [0.3, 0.4) is 0 Å². The second-order valence-electron chi connectivity index (χ2n) is 2.79. The van der Waals surface area contributed by atoms with Gasteiger partial charge in [0, 0.05) is 0 Å². The van der Waals surface area contributed by atoms with E-state index in [0.29, 0.717) is 0 Å². The minimum atomic E-state index is -1.35. The highest BCUT2D eigenvalue weighted by molar-refractivity contribution is 6.47. The molecule has 0 bridgehead atoms. The highest BCUT2D eigenvalue weighted by atomic mass is 16.5. The van der Waals surface area contributed by atoms with Crippen LogP contribution in [0.1, 0.15) is 0 Å². The Morgan fingerprint density at radius 1 is 1.44 bits per heavy atom. The maximum Gasteiger partial charge on any atom is 0.480 e. The Kier molecular flexibility index (Phi) is 10.8. The van der Waals surface area contributed by atoms with Crippen molar-refractivity contribution < 1.29 is 29.5 Å². The van der Waals surface area contributed by atoms with Gasteiger partial charge in [0.15, 0.2) is 0 Å². The zero-order valence-electron chi connectivity index (χ0n) is 9.29. The summed E-state index contributed by atoms with van der Waals surface area (Å²) in [5.74, 6) is -0.370. The van der Waals surface area contributed by atoms with Crippen molar-refractivity contribution in [3.8, 4) is 0 Å². The van der Waals surface area contributed by atoms with Crippen LogP contribution in [0.4, 0.5) is 0 Å². The number of hydrogen-bond acceptors (Lipinski definition) is 6. The van der Waals surface area contributed by atoms with E-state index in [2.05, 4.69) is 11.3 Å². The van der Waals surface area contributed by atoms with Crippen LogP contribution in [0, 0.1) is 0 Å². The van der Waals surface area contributed by atoms with Crippen molar-refractivity contribution >= 4 is 19.1 Å². The van der Waals surface area contributed by atoms with E-state index in [9.17, 15) is 9.59 Å². The molecule has 0 aliphatic carbocycles. The summed E-state index contributed by atoms with van der Waals surface area (Å²) < 4.78 is 4.33. The standard InChI is InChI=1S/C6H11NO4.C2H5BO2/c1-7(3-5(8)9)4-6(10)11-2;1-2-3(4)5/h3-4H2,1-2H3,(H,8,9);2,4-5H,1H2. The molecule has 0 aromatic carbocycles. The molecule has 3 N–H and O–H groups in total. The first kappa shape index (κ1) is 17.0. The van der Waals surface area contributed by atoms with Gasteiger partial charge in [-0.05, 0) is 7.05 Å². The lowest BCUT2D eigenvalue weighted by molar-refractivity contribution is -0.143. The van der Waals surface area contributed by atoms with Crippen molar-refractivity contribution in [1.82, 2.24) is 4.90 Å². The summed E-state index contributed by atoms with van der Waals surface area (Å²) in [5.41, 5.74) is 0. The van der Waals surface area contributed by atoms with Gasteiger partial charge in [-0.25, -0.2) is 0 Å². The fraction of sp³-hybridized carbons (Fsp3) is 0.500. The van der Waals surface area contributed by atoms with Crippen LogP contribution in [0.5, 0.6) is 0 Å². The lowest BCUT2D eigenvalue weighted by Gasteiger charge is -2.10. The largest absolute Gasteiger partial charge is 0.480 e. The molecule has 8 heteroatoms. The number of hydrogen-bond donors (Lipinski definition) is 3. The quantitative estimate of drug-likeness (QED) is 0.386. The molecule has 0 heterocycles. The molecule has 7 nitrogen and oxygen atoms in total. The number of rotatable bonds is 5. The SMILES string of the molecule is C=CB(O)O.COC(=O)CN(C)CC(=O)O. The lowest BCUT2D eigenvalue weighted by Crippen LogP contribution is -2.31. The summed E-state index contributed by atoms with van der Waals surface area (Å²) in [6.07, 6.45) is 0. The Balaban J connectivity index is 0. The Hall–Kier alpha value is -1.38. The third kappa shape index (κ3) is 15.1. The number of carbonyl (C=O) groups excluding carboxylic acids is 1. The van der Waals surface area contributed by atoms with Crippen LogP contribution in [0.25, 0.3) is 0 Å². The van der Waals surface area contributed by atoms with Gasteiger partial charge in [-0.3, -0.25) is 14.5 Å². The minimum absolute atomic E-state index is 0.00278. The van der Waals surface area contributed by atoms with E-state index in [-0.39, 0.29) is 13.1 Å². The number of ether oxygens (including phenoxy) is 1.